The maximum Gasteiger partial charge on any atom is 0.295 e. The Labute approximate surface area is 98.9 Å². The summed E-state index contributed by atoms with van der Waals surface area (Å²) in [5.74, 6) is -0.0383. The van der Waals surface area contributed by atoms with E-state index in [0.29, 0.717) is 5.56 Å². The predicted molar refractivity (Wildman–Crippen MR) is 63.4 cm³/mol. The van der Waals surface area contributed by atoms with Crippen molar-refractivity contribution >= 4 is 10.1 Å². The molecule has 0 atom stereocenters. The summed E-state index contributed by atoms with van der Waals surface area (Å²) in [7, 11) is -4.31. The van der Waals surface area contributed by atoms with Crippen LogP contribution in [0.4, 0.5) is 0 Å². The van der Waals surface area contributed by atoms with Crippen molar-refractivity contribution in [3.8, 4) is 16.9 Å². The van der Waals surface area contributed by atoms with E-state index in [1.807, 2.05) is 0 Å². The Bertz CT molecular complexity index is 647. The van der Waals surface area contributed by atoms with Gasteiger partial charge in [0, 0.05) is 11.1 Å². The number of hydrogen-bond acceptors (Lipinski definition) is 3. The second kappa shape index (κ2) is 4.20. The molecule has 0 saturated carbocycles. The number of aromatic hydroxyl groups is 1. The molecule has 17 heavy (non-hydrogen) atoms. The van der Waals surface area contributed by atoms with Crippen molar-refractivity contribution in [2.75, 3.05) is 0 Å². The van der Waals surface area contributed by atoms with Gasteiger partial charge in [-0.15, -0.1) is 0 Å². The van der Waals surface area contributed by atoms with Crippen LogP contribution in [0.25, 0.3) is 11.1 Å². The van der Waals surface area contributed by atoms with Gasteiger partial charge in [0.25, 0.3) is 10.1 Å². The van der Waals surface area contributed by atoms with Crippen molar-refractivity contribution in [2.24, 2.45) is 0 Å². The lowest BCUT2D eigenvalue weighted by atomic mass is 10.0. The first-order valence-electron chi connectivity index (χ1n) is 4.85. The van der Waals surface area contributed by atoms with Crippen LogP contribution in [-0.2, 0) is 10.1 Å². The molecule has 2 aromatic carbocycles. The third kappa shape index (κ3) is 2.30. The van der Waals surface area contributed by atoms with Gasteiger partial charge in [-0.2, -0.15) is 8.42 Å². The molecule has 0 fully saturated rings. The molecule has 0 aromatic heterocycles. The van der Waals surface area contributed by atoms with Crippen molar-refractivity contribution in [3.63, 3.8) is 0 Å². The molecule has 2 rings (SSSR count). The van der Waals surface area contributed by atoms with E-state index in [2.05, 4.69) is 0 Å². The number of phenols is 1. The molecule has 0 aliphatic carbocycles. The second-order valence-electron chi connectivity index (χ2n) is 3.49. The zero-order chi connectivity index (χ0) is 12.5. The third-order valence-electron chi connectivity index (χ3n) is 2.36. The lowest BCUT2D eigenvalue weighted by Gasteiger charge is -2.08. The Hall–Kier alpha value is -1.85. The average Bonchev–Trinajstić information content (AvgIpc) is 2.28. The largest absolute Gasteiger partial charge is 0.507 e. The second-order valence-corrected chi connectivity index (χ2v) is 4.88. The van der Waals surface area contributed by atoms with Gasteiger partial charge in [-0.3, -0.25) is 4.55 Å². The summed E-state index contributed by atoms with van der Waals surface area (Å²) in [6.45, 7) is 0. The molecular formula is C12H10O4S. The van der Waals surface area contributed by atoms with E-state index in [1.54, 1.807) is 24.3 Å². The van der Waals surface area contributed by atoms with E-state index in [-0.39, 0.29) is 16.2 Å². The molecule has 0 aliphatic rings. The van der Waals surface area contributed by atoms with Gasteiger partial charge >= 0.3 is 0 Å². The first-order valence-corrected chi connectivity index (χ1v) is 6.29. The number of phenolic OH excluding ortho intramolecular Hbond substituents is 1. The number of para-hydroxylation sites is 1. The molecule has 88 valence electrons. The van der Waals surface area contributed by atoms with E-state index in [4.69, 9.17) is 4.55 Å². The highest BCUT2D eigenvalue weighted by atomic mass is 32.2. The van der Waals surface area contributed by atoms with Gasteiger partial charge < -0.3 is 5.11 Å². The van der Waals surface area contributed by atoms with Gasteiger partial charge in [0.1, 0.15) is 10.6 Å². The van der Waals surface area contributed by atoms with E-state index >= 15 is 0 Å². The number of rotatable bonds is 2. The molecule has 0 bridgehead atoms. The van der Waals surface area contributed by atoms with Crippen LogP contribution in [0.3, 0.4) is 0 Å². The van der Waals surface area contributed by atoms with E-state index in [0.717, 1.165) is 0 Å². The van der Waals surface area contributed by atoms with Crippen LogP contribution in [0.5, 0.6) is 5.75 Å². The highest BCUT2D eigenvalue weighted by Gasteiger charge is 2.17. The van der Waals surface area contributed by atoms with Crippen LogP contribution in [0.1, 0.15) is 0 Å². The molecule has 4 nitrogen and oxygen atoms in total. The van der Waals surface area contributed by atoms with Gasteiger partial charge in [0.05, 0.1) is 0 Å². The Kier molecular flexibility index (Phi) is 2.87. The average molecular weight is 250 g/mol. The molecular weight excluding hydrogens is 240 g/mol. The quantitative estimate of drug-likeness (QED) is 0.802. The molecule has 0 aliphatic heterocycles. The van der Waals surface area contributed by atoms with Crippen molar-refractivity contribution in [2.45, 2.75) is 4.90 Å². The van der Waals surface area contributed by atoms with E-state index in [9.17, 15) is 13.5 Å². The molecule has 0 heterocycles. The Balaban J connectivity index is 2.74. The van der Waals surface area contributed by atoms with Crippen LogP contribution in [0, 0.1) is 0 Å². The first-order chi connectivity index (χ1) is 8.00. The van der Waals surface area contributed by atoms with Gasteiger partial charge in [0.2, 0.25) is 0 Å². The highest BCUT2D eigenvalue weighted by molar-refractivity contribution is 7.86. The number of benzene rings is 2. The van der Waals surface area contributed by atoms with Crippen LogP contribution in [-0.4, -0.2) is 18.1 Å². The lowest BCUT2D eigenvalue weighted by Crippen LogP contribution is -2.00. The minimum absolute atomic E-state index is 0.0383. The fourth-order valence-electron chi connectivity index (χ4n) is 1.62. The van der Waals surface area contributed by atoms with Crippen LogP contribution >= 0.6 is 0 Å². The summed E-state index contributed by atoms with van der Waals surface area (Å²) in [4.78, 5) is -0.221. The van der Waals surface area contributed by atoms with Crippen molar-refractivity contribution in [1.82, 2.24) is 0 Å². The Morgan fingerprint density at radius 2 is 1.35 bits per heavy atom. The lowest BCUT2D eigenvalue weighted by molar-refractivity contribution is 0.476. The highest BCUT2D eigenvalue weighted by Crippen LogP contribution is 2.33. The zero-order valence-corrected chi connectivity index (χ0v) is 9.55. The van der Waals surface area contributed by atoms with Crippen molar-refractivity contribution < 1.29 is 18.1 Å². The molecule has 0 spiro atoms. The van der Waals surface area contributed by atoms with Crippen LogP contribution in [0.2, 0.25) is 0 Å². The van der Waals surface area contributed by atoms with Gasteiger partial charge in [-0.05, 0) is 12.1 Å². The van der Waals surface area contributed by atoms with Crippen molar-refractivity contribution in [3.05, 3.63) is 48.5 Å². The van der Waals surface area contributed by atoms with Crippen molar-refractivity contribution in [1.29, 1.82) is 0 Å². The molecule has 2 aromatic rings. The maximum absolute atomic E-state index is 11.2. The zero-order valence-electron chi connectivity index (χ0n) is 8.74. The van der Waals surface area contributed by atoms with Gasteiger partial charge in [-0.1, -0.05) is 36.4 Å². The number of hydrogen-bond donors (Lipinski definition) is 2. The molecule has 0 unspecified atom stereocenters. The fourth-order valence-corrected chi connectivity index (χ4v) is 2.32. The summed E-state index contributed by atoms with van der Waals surface area (Å²) in [6.07, 6.45) is 0. The Morgan fingerprint density at radius 3 is 1.94 bits per heavy atom. The topological polar surface area (TPSA) is 74.6 Å². The summed E-state index contributed by atoms with van der Waals surface area (Å²) in [6, 6.07) is 12.3. The minimum atomic E-state index is -4.31. The molecule has 0 radical (unpaired) electrons. The summed E-state index contributed by atoms with van der Waals surface area (Å²) in [5, 5.41) is 9.68. The fraction of sp³-hybridized carbons (Fsp3) is 0. The summed E-state index contributed by atoms with van der Waals surface area (Å²) >= 11 is 0. The van der Waals surface area contributed by atoms with Crippen LogP contribution in [0.15, 0.2) is 53.4 Å². The summed E-state index contributed by atoms with van der Waals surface area (Å²) in [5.41, 5.74) is 0.633. The normalized spacial score (nSPS) is 11.4. The molecule has 2 N–H and O–H groups in total. The minimum Gasteiger partial charge on any atom is -0.507 e. The summed E-state index contributed by atoms with van der Waals surface area (Å²) < 4.78 is 31.5. The molecule has 0 saturated heterocycles. The van der Waals surface area contributed by atoms with Gasteiger partial charge in [-0.25, -0.2) is 0 Å². The smallest absolute Gasteiger partial charge is 0.295 e. The molecule has 5 heteroatoms. The Morgan fingerprint density at radius 1 is 0.824 bits per heavy atom. The predicted octanol–water partition coefficient (Wildman–Crippen LogP) is 2.31. The van der Waals surface area contributed by atoms with Gasteiger partial charge in [0.15, 0.2) is 0 Å². The molecule has 0 amide bonds. The SMILES string of the molecule is O=S(=O)(O)c1ccccc1-c1ccccc1O. The standard InChI is InChI=1S/C12H10O4S/c13-11-7-3-1-5-9(11)10-6-2-4-8-12(10)17(14,15)16/h1-8,13H,(H,14,15,16). The monoisotopic (exact) mass is 250 g/mol. The third-order valence-corrected chi connectivity index (χ3v) is 3.27. The van der Waals surface area contributed by atoms with E-state index in [1.165, 1.54) is 24.3 Å². The van der Waals surface area contributed by atoms with Crippen LogP contribution < -0.4 is 0 Å². The van der Waals surface area contributed by atoms with E-state index < -0.39 is 10.1 Å². The first kappa shape index (κ1) is 11.6. The maximum atomic E-state index is 11.2.